The molecule has 1 saturated heterocycles. The van der Waals surface area contributed by atoms with Crippen molar-refractivity contribution in [2.75, 3.05) is 27.2 Å². The molecule has 0 spiro atoms. The summed E-state index contributed by atoms with van der Waals surface area (Å²) in [7, 11) is -0.00438. The van der Waals surface area contributed by atoms with E-state index in [-0.39, 0.29) is 17.2 Å². The molecule has 1 aromatic rings. The monoisotopic (exact) mass is 482 g/mol. The molecule has 2 amide bonds. The number of nitrogens with zero attached hydrogens (tertiary/aromatic N) is 3. The maximum atomic E-state index is 13.5. The molecule has 2 aliphatic rings. The van der Waals surface area contributed by atoms with E-state index in [0.717, 1.165) is 23.6 Å². The number of carbonyl (C=O) groups is 2. The number of rotatable bonds is 5. The number of hydrogen-bond donors (Lipinski definition) is 1. The van der Waals surface area contributed by atoms with Gasteiger partial charge in [0.2, 0.25) is 11.8 Å². The van der Waals surface area contributed by atoms with Crippen molar-refractivity contribution >= 4 is 33.4 Å². The van der Waals surface area contributed by atoms with E-state index in [1.165, 1.54) is 18.5 Å². The number of nitrogens with one attached hydrogen (secondary N) is 1. The fraction of sp³-hybridized carbons (Fsp3) is 0.545. The van der Waals surface area contributed by atoms with Crippen molar-refractivity contribution in [1.82, 2.24) is 19.4 Å². The zero-order valence-electron chi connectivity index (χ0n) is 19.0. The Hall–Kier alpha value is -2.10. The average molecular weight is 483 g/mol. The van der Waals surface area contributed by atoms with E-state index in [0.29, 0.717) is 35.3 Å². The second-order valence-electron chi connectivity index (χ2n) is 8.68. The highest BCUT2D eigenvalue weighted by Gasteiger charge is 2.38. The minimum atomic E-state index is -4.07. The van der Waals surface area contributed by atoms with Crippen LogP contribution < -0.4 is 5.32 Å². The van der Waals surface area contributed by atoms with Crippen LogP contribution in [0.25, 0.3) is 0 Å². The smallest absolute Gasteiger partial charge is 0.264 e. The first-order valence-electron chi connectivity index (χ1n) is 10.7. The SMILES string of the molecule is Cc1cc(S(=O)(=O)N2C=CNC(=O)[C@H]2CC(=O)N2CCC[C@@H](N(C)C)CC2)c(C)cc1Cl. The van der Waals surface area contributed by atoms with Crippen molar-refractivity contribution in [2.24, 2.45) is 0 Å². The molecule has 1 fully saturated rings. The Morgan fingerprint density at radius 2 is 1.91 bits per heavy atom. The highest BCUT2D eigenvalue weighted by Crippen LogP contribution is 2.29. The number of benzene rings is 1. The van der Waals surface area contributed by atoms with Crippen LogP contribution in [-0.2, 0) is 19.6 Å². The minimum Gasteiger partial charge on any atom is -0.343 e. The fourth-order valence-electron chi connectivity index (χ4n) is 4.22. The van der Waals surface area contributed by atoms with Crippen molar-refractivity contribution < 1.29 is 18.0 Å². The highest BCUT2D eigenvalue weighted by molar-refractivity contribution is 7.89. The molecule has 8 nitrogen and oxygen atoms in total. The van der Waals surface area contributed by atoms with Gasteiger partial charge in [-0.3, -0.25) is 13.9 Å². The van der Waals surface area contributed by atoms with Crippen LogP contribution in [0.4, 0.5) is 0 Å². The molecule has 32 heavy (non-hydrogen) atoms. The number of aryl methyl sites for hydroxylation is 2. The number of likely N-dealkylation sites (tertiary alicyclic amines) is 1. The van der Waals surface area contributed by atoms with Crippen LogP contribution in [0.15, 0.2) is 29.4 Å². The lowest BCUT2D eigenvalue weighted by molar-refractivity contribution is -0.135. The van der Waals surface area contributed by atoms with Crippen LogP contribution in [0.5, 0.6) is 0 Å². The van der Waals surface area contributed by atoms with Gasteiger partial charge in [0.15, 0.2) is 0 Å². The van der Waals surface area contributed by atoms with Gasteiger partial charge in [0.05, 0.1) is 11.3 Å². The van der Waals surface area contributed by atoms with E-state index in [1.807, 2.05) is 14.1 Å². The third-order valence-corrected chi connectivity index (χ3v) is 8.55. The maximum Gasteiger partial charge on any atom is 0.264 e. The van der Waals surface area contributed by atoms with Gasteiger partial charge in [0.25, 0.3) is 10.0 Å². The highest BCUT2D eigenvalue weighted by atomic mass is 35.5. The molecule has 0 aromatic heterocycles. The van der Waals surface area contributed by atoms with Gasteiger partial charge in [-0.2, -0.15) is 0 Å². The van der Waals surface area contributed by atoms with Gasteiger partial charge in [-0.15, -0.1) is 0 Å². The van der Waals surface area contributed by atoms with Crippen LogP contribution in [0, 0.1) is 13.8 Å². The zero-order chi connectivity index (χ0) is 23.6. The summed E-state index contributed by atoms with van der Waals surface area (Å²) in [5.74, 6) is -0.738. The topological polar surface area (TPSA) is 90.0 Å². The molecule has 1 aromatic carbocycles. The van der Waals surface area contributed by atoms with Crippen LogP contribution in [-0.4, -0.2) is 73.6 Å². The van der Waals surface area contributed by atoms with Crippen molar-refractivity contribution in [3.8, 4) is 0 Å². The summed E-state index contributed by atoms with van der Waals surface area (Å²) in [6.07, 6.45) is 5.10. The molecule has 2 heterocycles. The van der Waals surface area contributed by atoms with Gasteiger partial charge >= 0.3 is 0 Å². The molecule has 0 saturated carbocycles. The predicted molar refractivity (Wildman–Crippen MR) is 124 cm³/mol. The van der Waals surface area contributed by atoms with Gasteiger partial charge < -0.3 is 15.1 Å². The van der Waals surface area contributed by atoms with Crippen LogP contribution in [0.2, 0.25) is 5.02 Å². The molecule has 10 heteroatoms. The van der Waals surface area contributed by atoms with Crippen LogP contribution in [0.1, 0.15) is 36.8 Å². The van der Waals surface area contributed by atoms with E-state index in [9.17, 15) is 18.0 Å². The van der Waals surface area contributed by atoms with Gasteiger partial charge in [-0.05, 0) is 70.5 Å². The summed E-state index contributed by atoms with van der Waals surface area (Å²) in [6.45, 7) is 4.58. The minimum absolute atomic E-state index is 0.0693. The first-order chi connectivity index (χ1) is 15.0. The van der Waals surface area contributed by atoms with E-state index in [4.69, 9.17) is 11.6 Å². The number of sulfonamides is 1. The molecule has 1 N–H and O–H groups in total. The molecule has 2 atom stereocenters. The molecular formula is C22H31ClN4O4S. The summed E-state index contributed by atoms with van der Waals surface area (Å²) in [6, 6.07) is 2.35. The molecule has 3 rings (SSSR count). The lowest BCUT2D eigenvalue weighted by atomic mass is 10.1. The number of halogens is 1. The Morgan fingerprint density at radius 1 is 1.19 bits per heavy atom. The Balaban J connectivity index is 1.84. The van der Waals surface area contributed by atoms with Crippen molar-refractivity contribution in [3.05, 3.63) is 40.7 Å². The maximum absolute atomic E-state index is 13.5. The second-order valence-corrected chi connectivity index (χ2v) is 10.9. The van der Waals surface area contributed by atoms with E-state index < -0.39 is 22.0 Å². The molecule has 0 aliphatic carbocycles. The Labute approximate surface area is 195 Å². The lowest BCUT2D eigenvalue weighted by Crippen LogP contribution is -2.51. The normalized spacial score (nSPS) is 22.1. The summed E-state index contributed by atoms with van der Waals surface area (Å²) < 4.78 is 28.0. The Bertz CT molecular complexity index is 1030. The largest absolute Gasteiger partial charge is 0.343 e. The molecule has 0 unspecified atom stereocenters. The second kappa shape index (κ2) is 9.80. The van der Waals surface area contributed by atoms with Gasteiger partial charge in [0.1, 0.15) is 6.04 Å². The Morgan fingerprint density at radius 3 is 2.59 bits per heavy atom. The number of carbonyl (C=O) groups excluding carboxylic acids is 2. The van der Waals surface area contributed by atoms with Gasteiger partial charge in [-0.25, -0.2) is 8.42 Å². The number of hydrogen-bond acceptors (Lipinski definition) is 5. The molecule has 0 bridgehead atoms. The average Bonchev–Trinajstić information content (AvgIpc) is 2.98. The fourth-order valence-corrected chi connectivity index (χ4v) is 6.19. The first-order valence-corrected chi connectivity index (χ1v) is 12.6. The number of amides is 2. The van der Waals surface area contributed by atoms with E-state index in [2.05, 4.69) is 10.2 Å². The van der Waals surface area contributed by atoms with Crippen LogP contribution in [0.3, 0.4) is 0 Å². The third-order valence-electron chi connectivity index (χ3n) is 6.22. The third kappa shape index (κ3) is 5.10. The van der Waals surface area contributed by atoms with E-state index in [1.54, 1.807) is 24.8 Å². The van der Waals surface area contributed by atoms with Crippen molar-refractivity contribution in [2.45, 2.75) is 56.5 Å². The lowest BCUT2D eigenvalue weighted by Gasteiger charge is -2.33. The quantitative estimate of drug-likeness (QED) is 0.695. The zero-order valence-corrected chi connectivity index (χ0v) is 20.5. The molecule has 2 aliphatic heterocycles. The van der Waals surface area contributed by atoms with Crippen molar-refractivity contribution in [3.63, 3.8) is 0 Å². The van der Waals surface area contributed by atoms with Gasteiger partial charge in [0, 0.05) is 36.6 Å². The summed E-state index contributed by atoms with van der Waals surface area (Å²) >= 11 is 6.13. The Kier molecular flexibility index (Phi) is 7.52. The molecule has 176 valence electrons. The van der Waals surface area contributed by atoms with E-state index >= 15 is 0 Å². The molecule has 0 radical (unpaired) electrons. The predicted octanol–water partition coefficient (Wildman–Crippen LogP) is 2.25. The first kappa shape index (κ1) is 24.5. The molecular weight excluding hydrogens is 452 g/mol. The van der Waals surface area contributed by atoms with Crippen molar-refractivity contribution in [1.29, 1.82) is 0 Å². The summed E-state index contributed by atoms with van der Waals surface area (Å²) in [5.41, 5.74) is 1.10. The van der Waals surface area contributed by atoms with Crippen LogP contribution >= 0.6 is 11.6 Å². The van der Waals surface area contributed by atoms with Gasteiger partial charge in [-0.1, -0.05) is 11.6 Å². The summed E-state index contributed by atoms with van der Waals surface area (Å²) in [4.78, 5) is 29.7. The summed E-state index contributed by atoms with van der Waals surface area (Å²) in [5, 5.41) is 3.01. The standard InChI is InChI=1S/C22H31ClN4O4S/c1-15-13-20(16(2)12-18(15)23)32(30,31)27-11-8-24-22(29)19(27)14-21(28)26-9-5-6-17(7-10-26)25(3)4/h8,11-13,17,19H,5-7,9-10,14H2,1-4H3,(H,24,29)/t17-,19-/m1/s1.